The zero-order valence-corrected chi connectivity index (χ0v) is 17.4. The zero-order chi connectivity index (χ0) is 19.8. The molecule has 2 aromatic carbocycles. The Morgan fingerprint density at radius 2 is 1.56 bits per heavy atom. The molecular weight excluding hydrogens is 332 g/mol. The summed E-state index contributed by atoms with van der Waals surface area (Å²) < 4.78 is 0. The molecule has 0 radical (unpaired) electrons. The molecule has 0 unspecified atom stereocenters. The molecule has 1 atom stereocenters. The molecule has 0 aliphatic heterocycles. The van der Waals surface area contributed by atoms with Crippen LogP contribution in [-0.4, -0.2) is 17.0 Å². The van der Waals surface area contributed by atoms with Crippen molar-refractivity contribution in [3.05, 3.63) is 65.7 Å². The first kappa shape index (κ1) is 19.5. The van der Waals surface area contributed by atoms with Crippen LogP contribution < -0.4 is 5.32 Å². The number of benzene rings is 2. The first-order chi connectivity index (χ1) is 12.6. The van der Waals surface area contributed by atoms with Crippen molar-refractivity contribution in [3.63, 3.8) is 0 Å². The number of hydrogen-bond acceptors (Lipinski definition) is 1. The van der Waals surface area contributed by atoms with Gasteiger partial charge in [-0.2, -0.15) is 0 Å². The number of nitrogens with one attached hydrogen (secondary N) is 1. The number of anilines is 1. The minimum absolute atomic E-state index is 0.0336. The van der Waals surface area contributed by atoms with E-state index in [0.717, 1.165) is 11.3 Å². The summed E-state index contributed by atoms with van der Waals surface area (Å²) in [5.74, 6) is 0.470. The molecule has 3 rings (SSSR count). The van der Waals surface area contributed by atoms with Crippen molar-refractivity contribution in [1.82, 2.24) is 4.90 Å². The van der Waals surface area contributed by atoms with E-state index in [1.54, 1.807) is 0 Å². The summed E-state index contributed by atoms with van der Waals surface area (Å²) in [4.78, 5) is 15.2. The SMILES string of the molecule is Cc1ccc(NC(=O)N(Cc2ccccc2)[C@H](C)C2C(C)(C)C2(C)C)cc1. The van der Waals surface area contributed by atoms with Crippen LogP contribution in [0.3, 0.4) is 0 Å². The Hall–Kier alpha value is -2.29. The Labute approximate surface area is 163 Å². The molecular formula is C24H32N2O. The lowest BCUT2D eigenvalue weighted by Crippen LogP contribution is -2.43. The number of aryl methyl sites for hydroxylation is 1. The Morgan fingerprint density at radius 3 is 2.07 bits per heavy atom. The highest BCUT2D eigenvalue weighted by molar-refractivity contribution is 5.89. The summed E-state index contributed by atoms with van der Waals surface area (Å²) in [6.07, 6.45) is 0. The second-order valence-corrected chi connectivity index (χ2v) is 9.07. The minimum Gasteiger partial charge on any atom is -0.317 e. The lowest BCUT2D eigenvalue weighted by atomic mass is 10.0. The second kappa shape index (κ2) is 7.03. The van der Waals surface area contributed by atoms with E-state index in [2.05, 4.69) is 52.1 Å². The average Bonchev–Trinajstić information content (AvgIpc) is 3.04. The molecule has 27 heavy (non-hydrogen) atoms. The fraction of sp³-hybridized carbons (Fsp3) is 0.458. The highest BCUT2D eigenvalue weighted by Crippen LogP contribution is 2.70. The summed E-state index contributed by atoms with van der Waals surface area (Å²) >= 11 is 0. The maximum Gasteiger partial charge on any atom is 0.322 e. The third-order valence-corrected chi connectivity index (χ3v) is 6.87. The molecule has 0 heterocycles. The fourth-order valence-electron chi connectivity index (χ4n) is 4.65. The maximum atomic E-state index is 13.2. The number of nitrogens with zero attached hydrogens (tertiary/aromatic N) is 1. The van der Waals surface area contributed by atoms with Crippen molar-refractivity contribution in [1.29, 1.82) is 0 Å². The molecule has 3 heteroatoms. The normalized spacial score (nSPS) is 18.6. The minimum atomic E-state index is -0.0336. The van der Waals surface area contributed by atoms with Gasteiger partial charge in [-0.15, -0.1) is 0 Å². The van der Waals surface area contributed by atoms with Gasteiger partial charge in [0.15, 0.2) is 0 Å². The lowest BCUT2D eigenvalue weighted by molar-refractivity contribution is 0.171. The number of amides is 2. The summed E-state index contributed by atoms with van der Waals surface area (Å²) in [5.41, 5.74) is 3.63. The molecule has 0 aromatic heterocycles. The van der Waals surface area contributed by atoms with Crippen LogP contribution in [0.1, 0.15) is 45.7 Å². The van der Waals surface area contributed by atoms with E-state index in [4.69, 9.17) is 0 Å². The molecule has 1 aliphatic rings. The Balaban J connectivity index is 1.83. The predicted molar refractivity (Wildman–Crippen MR) is 113 cm³/mol. The quantitative estimate of drug-likeness (QED) is 0.683. The molecule has 144 valence electrons. The van der Waals surface area contributed by atoms with E-state index < -0.39 is 0 Å². The average molecular weight is 365 g/mol. The van der Waals surface area contributed by atoms with Crippen LogP contribution >= 0.6 is 0 Å². The van der Waals surface area contributed by atoms with E-state index in [0.29, 0.717) is 12.5 Å². The van der Waals surface area contributed by atoms with Crippen LogP contribution in [0.25, 0.3) is 0 Å². The summed E-state index contributed by atoms with van der Waals surface area (Å²) in [7, 11) is 0. The van der Waals surface area contributed by atoms with Gasteiger partial charge in [0.05, 0.1) is 0 Å². The Kier molecular flexibility index (Phi) is 5.07. The second-order valence-electron chi connectivity index (χ2n) is 9.07. The van der Waals surface area contributed by atoms with Crippen molar-refractivity contribution < 1.29 is 4.79 Å². The van der Waals surface area contributed by atoms with Crippen molar-refractivity contribution in [2.75, 3.05) is 5.32 Å². The fourth-order valence-corrected chi connectivity index (χ4v) is 4.65. The Morgan fingerprint density at radius 1 is 1.00 bits per heavy atom. The first-order valence-electron chi connectivity index (χ1n) is 9.83. The molecule has 1 aliphatic carbocycles. The van der Waals surface area contributed by atoms with Gasteiger partial charge in [0.1, 0.15) is 0 Å². The van der Waals surface area contributed by atoms with Gasteiger partial charge >= 0.3 is 6.03 Å². The largest absolute Gasteiger partial charge is 0.322 e. The number of carbonyl (C=O) groups excluding carboxylic acids is 1. The van der Waals surface area contributed by atoms with E-state index in [9.17, 15) is 4.79 Å². The van der Waals surface area contributed by atoms with E-state index in [1.165, 1.54) is 5.56 Å². The molecule has 0 spiro atoms. The third-order valence-electron chi connectivity index (χ3n) is 6.87. The summed E-state index contributed by atoms with van der Waals surface area (Å²) in [5, 5.41) is 3.09. The topological polar surface area (TPSA) is 32.3 Å². The number of carbonyl (C=O) groups is 1. The highest BCUT2D eigenvalue weighted by Gasteiger charge is 2.67. The molecule has 1 saturated carbocycles. The monoisotopic (exact) mass is 364 g/mol. The lowest BCUT2D eigenvalue weighted by Gasteiger charge is -2.31. The maximum absolute atomic E-state index is 13.2. The predicted octanol–water partition coefficient (Wildman–Crippen LogP) is 6.10. The van der Waals surface area contributed by atoms with Crippen LogP contribution in [0, 0.1) is 23.7 Å². The summed E-state index contributed by atoms with van der Waals surface area (Å²) in [6, 6.07) is 18.3. The molecule has 0 saturated heterocycles. The van der Waals surface area contributed by atoms with Gasteiger partial charge in [-0.1, -0.05) is 75.7 Å². The number of hydrogen-bond donors (Lipinski definition) is 1. The van der Waals surface area contributed by atoms with E-state index in [1.807, 2.05) is 54.3 Å². The van der Waals surface area contributed by atoms with Crippen molar-refractivity contribution in [2.45, 2.75) is 54.1 Å². The molecule has 1 fully saturated rings. The van der Waals surface area contributed by atoms with Crippen LogP contribution in [0.2, 0.25) is 0 Å². The van der Waals surface area contributed by atoms with Crippen molar-refractivity contribution in [2.24, 2.45) is 16.7 Å². The smallest absolute Gasteiger partial charge is 0.317 e. The van der Waals surface area contributed by atoms with Gasteiger partial charge in [-0.25, -0.2) is 4.79 Å². The van der Waals surface area contributed by atoms with Crippen LogP contribution in [-0.2, 0) is 6.54 Å². The van der Waals surface area contributed by atoms with Crippen molar-refractivity contribution in [3.8, 4) is 0 Å². The molecule has 2 amide bonds. The highest BCUT2D eigenvalue weighted by atomic mass is 16.2. The van der Waals surface area contributed by atoms with Crippen LogP contribution in [0.5, 0.6) is 0 Å². The van der Waals surface area contributed by atoms with Gasteiger partial charge in [0.25, 0.3) is 0 Å². The number of urea groups is 1. The van der Waals surface area contributed by atoms with E-state index in [-0.39, 0.29) is 22.9 Å². The Bertz CT molecular complexity index is 779. The molecule has 2 aromatic rings. The van der Waals surface area contributed by atoms with Gasteiger partial charge in [-0.3, -0.25) is 0 Å². The number of rotatable bonds is 5. The van der Waals surface area contributed by atoms with Gasteiger partial charge in [0, 0.05) is 18.3 Å². The first-order valence-corrected chi connectivity index (χ1v) is 9.83. The van der Waals surface area contributed by atoms with Crippen LogP contribution in [0.15, 0.2) is 54.6 Å². The molecule has 0 bridgehead atoms. The van der Waals surface area contributed by atoms with Gasteiger partial charge in [-0.05, 0) is 48.3 Å². The molecule has 3 nitrogen and oxygen atoms in total. The van der Waals surface area contributed by atoms with Gasteiger partial charge < -0.3 is 10.2 Å². The van der Waals surface area contributed by atoms with Crippen LogP contribution in [0.4, 0.5) is 10.5 Å². The van der Waals surface area contributed by atoms with Crippen molar-refractivity contribution >= 4 is 11.7 Å². The summed E-state index contributed by atoms with van der Waals surface area (Å²) in [6.45, 7) is 14.1. The third kappa shape index (κ3) is 3.73. The standard InChI is InChI=1S/C24H32N2O/c1-17-12-14-20(15-13-17)25-22(27)26(16-19-10-8-7-9-11-19)18(2)21-23(3,4)24(21,5)6/h7-15,18,21H,16H2,1-6H3,(H,25,27)/t18-/m1/s1. The van der Waals surface area contributed by atoms with E-state index >= 15 is 0 Å². The van der Waals surface area contributed by atoms with Gasteiger partial charge in [0.2, 0.25) is 0 Å². The zero-order valence-electron chi connectivity index (χ0n) is 17.4. The molecule has 1 N–H and O–H groups in total.